The summed E-state index contributed by atoms with van der Waals surface area (Å²) in [6.07, 6.45) is 0. The Labute approximate surface area is 173 Å². The van der Waals surface area contributed by atoms with E-state index in [0.717, 1.165) is 5.69 Å². The van der Waals surface area contributed by atoms with E-state index < -0.39 is 10.0 Å². The zero-order chi connectivity index (χ0) is 21.2. The molecule has 0 bridgehead atoms. The fourth-order valence-electron chi connectivity index (χ4n) is 3.20. The molecule has 1 aliphatic rings. The molecule has 6 nitrogen and oxygen atoms in total. The summed E-state index contributed by atoms with van der Waals surface area (Å²) in [4.78, 5) is 14.6. The first-order valence-corrected chi connectivity index (χ1v) is 11.1. The normalized spacial score (nSPS) is 15.9. The Balaban J connectivity index is 1.76. The number of hydrogen-bond donors (Lipinski definition) is 0. The van der Waals surface area contributed by atoms with Crippen molar-refractivity contribution in [3.8, 4) is 0 Å². The van der Waals surface area contributed by atoms with E-state index in [2.05, 4.69) is 20.8 Å². The second-order valence-electron chi connectivity index (χ2n) is 8.20. The molecule has 0 radical (unpaired) electrons. The smallest absolute Gasteiger partial charge is 0.258 e. The lowest BCUT2D eigenvalue weighted by atomic mass is 9.87. The molecule has 1 saturated heterocycles. The summed E-state index contributed by atoms with van der Waals surface area (Å²) in [6.45, 7) is 7.91. The molecular formula is C22H28N2O4S. The van der Waals surface area contributed by atoms with Crippen LogP contribution in [0.1, 0.15) is 36.7 Å². The van der Waals surface area contributed by atoms with Crippen LogP contribution in [0.25, 0.3) is 0 Å². The van der Waals surface area contributed by atoms with Gasteiger partial charge in [-0.25, -0.2) is 8.42 Å². The van der Waals surface area contributed by atoms with Crippen molar-refractivity contribution in [3.63, 3.8) is 0 Å². The molecule has 0 N–H and O–H groups in total. The van der Waals surface area contributed by atoms with Gasteiger partial charge in [-0.2, -0.15) is 4.31 Å². The lowest BCUT2D eigenvalue weighted by Gasteiger charge is -2.26. The molecule has 156 valence electrons. The molecule has 29 heavy (non-hydrogen) atoms. The predicted octanol–water partition coefficient (Wildman–Crippen LogP) is 3.28. The molecule has 7 heteroatoms. The number of rotatable bonds is 4. The molecule has 0 aliphatic carbocycles. The van der Waals surface area contributed by atoms with Gasteiger partial charge in [0.25, 0.3) is 5.91 Å². The van der Waals surface area contributed by atoms with E-state index in [1.54, 1.807) is 24.1 Å². The van der Waals surface area contributed by atoms with Crippen LogP contribution in [0.15, 0.2) is 53.4 Å². The molecule has 1 heterocycles. The second-order valence-corrected chi connectivity index (χ2v) is 10.1. The molecule has 0 saturated carbocycles. The summed E-state index contributed by atoms with van der Waals surface area (Å²) in [6, 6.07) is 14.0. The van der Waals surface area contributed by atoms with Crippen LogP contribution in [0.3, 0.4) is 0 Å². The zero-order valence-corrected chi connectivity index (χ0v) is 18.2. The van der Waals surface area contributed by atoms with Gasteiger partial charge in [0.15, 0.2) is 0 Å². The van der Waals surface area contributed by atoms with Crippen molar-refractivity contribution in [2.75, 3.05) is 38.3 Å². The summed E-state index contributed by atoms with van der Waals surface area (Å²) >= 11 is 0. The molecular weight excluding hydrogens is 388 g/mol. The first kappa shape index (κ1) is 21.5. The third-order valence-corrected chi connectivity index (χ3v) is 7.05. The van der Waals surface area contributed by atoms with Crippen LogP contribution in [-0.2, 0) is 20.2 Å². The lowest BCUT2D eigenvalue weighted by molar-refractivity contribution is 0.0730. The van der Waals surface area contributed by atoms with E-state index in [4.69, 9.17) is 4.74 Å². The summed E-state index contributed by atoms with van der Waals surface area (Å²) in [5, 5.41) is 0. The minimum atomic E-state index is -3.57. The average molecular weight is 417 g/mol. The van der Waals surface area contributed by atoms with Gasteiger partial charge in [0, 0.05) is 31.4 Å². The van der Waals surface area contributed by atoms with E-state index in [9.17, 15) is 13.2 Å². The third-order valence-electron chi connectivity index (χ3n) is 5.13. The number of hydrogen-bond acceptors (Lipinski definition) is 4. The highest BCUT2D eigenvalue weighted by molar-refractivity contribution is 7.89. The van der Waals surface area contributed by atoms with Crippen molar-refractivity contribution >= 4 is 21.6 Å². The highest BCUT2D eigenvalue weighted by atomic mass is 32.2. The highest BCUT2D eigenvalue weighted by Gasteiger charge is 2.26. The van der Waals surface area contributed by atoms with E-state index in [-0.39, 0.29) is 16.2 Å². The van der Waals surface area contributed by atoms with Crippen LogP contribution < -0.4 is 4.90 Å². The minimum absolute atomic E-state index is 0.0446. The number of anilines is 1. The van der Waals surface area contributed by atoms with Crippen molar-refractivity contribution in [1.82, 2.24) is 4.31 Å². The monoisotopic (exact) mass is 416 g/mol. The Morgan fingerprint density at radius 3 is 2.03 bits per heavy atom. The van der Waals surface area contributed by atoms with Crippen LogP contribution in [0, 0.1) is 0 Å². The van der Waals surface area contributed by atoms with Crippen molar-refractivity contribution in [3.05, 3.63) is 59.7 Å². The number of carbonyl (C=O) groups excluding carboxylic acids is 1. The summed E-state index contributed by atoms with van der Waals surface area (Å²) in [5.74, 6) is -0.191. The molecule has 0 unspecified atom stereocenters. The number of amides is 1. The Morgan fingerprint density at radius 2 is 1.52 bits per heavy atom. The molecule has 1 amide bonds. The van der Waals surface area contributed by atoms with Crippen LogP contribution in [0.5, 0.6) is 0 Å². The maximum atomic E-state index is 12.8. The topological polar surface area (TPSA) is 66.9 Å². The largest absolute Gasteiger partial charge is 0.379 e. The number of nitrogens with zero attached hydrogens (tertiary/aromatic N) is 2. The number of ether oxygens (including phenoxy) is 1. The molecule has 0 atom stereocenters. The number of benzene rings is 2. The summed E-state index contributed by atoms with van der Waals surface area (Å²) in [5.41, 5.74) is 2.46. The Hall–Kier alpha value is -2.22. The number of sulfonamides is 1. The van der Waals surface area contributed by atoms with Gasteiger partial charge in [0.05, 0.1) is 18.1 Å². The molecule has 0 spiro atoms. The van der Waals surface area contributed by atoms with Gasteiger partial charge in [0.2, 0.25) is 10.0 Å². The van der Waals surface area contributed by atoms with Crippen LogP contribution in [0.2, 0.25) is 0 Å². The van der Waals surface area contributed by atoms with E-state index >= 15 is 0 Å². The first-order valence-electron chi connectivity index (χ1n) is 9.67. The van der Waals surface area contributed by atoms with Crippen LogP contribution >= 0.6 is 0 Å². The van der Waals surface area contributed by atoms with Crippen molar-refractivity contribution in [2.24, 2.45) is 0 Å². The fourth-order valence-corrected chi connectivity index (χ4v) is 4.61. The Bertz CT molecular complexity index is 955. The van der Waals surface area contributed by atoms with Gasteiger partial charge < -0.3 is 9.64 Å². The highest BCUT2D eigenvalue weighted by Crippen LogP contribution is 2.25. The van der Waals surface area contributed by atoms with E-state index in [1.165, 1.54) is 22.0 Å². The van der Waals surface area contributed by atoms with Gasteiger partial charge in [-0.15, -0.1) is 0 Å². The van der Waals surface area contributed by atoms with Gasteiger partial charge >= 0.3 is 0 Å². The first-order chi connectivity index (χ1) is 13.6. The van der Waals surface area contributed by atoms with Gasteiger partial charge in [-0.05, 0) is 47.4 Å². The standard InChI is InChI=1S/C22H28N2O4S/c1-22(2,3)18-7-9-19(10-8-18)23(4)21(25)17-5-11-20(12-6-17)29(26,27)24-13-15-28-16-14-24/h5-12H,13-16H2,1-4H3. The molecule has 2 aromatic rings. The minimum Gasteiger partial charge on any atom is -0.379 e. The molecule has 1 aliphatic heterocycles. The van der Waals surface area contributed by atoms with Crippen LogP contribution in [0.4, 0.5) is 5.69 Å². The quantitative estimate of drug-likeness (QED) is 0.767. The Kier molecular flexibility index (Phi) is 6.12. The van der Waals surface area contributed by atoms with E-state index in [0.29, 0.717) is 31.9 Å². The molecule has 3 rings (SSSR count). The van der Waals surface area contributed by atoms with E-state index in [1.807, 2.05) is 24.3 Å². The molecule has 1 fully saturated rings. The third kappa shape index (κ3) is 4.69. The van der Waals surface area contributed by atoms with Crippen molar-refractivity contribution < 1.29 is 17.9 Å². The maximum Gasteiger partial charge on any atom is 0.258 e. The van der Waals surface area contributed by atoms with Gasteiger partial charge in [-0.1, -0.05) is 32.9 Å². The molecule has 0 aromatic heterocycles. The SMILES string of the molecule is CN(C(=O)c1ccc(S(=O)(=O)N2CCOCC2)cc1)c1ccc(C(C)(C)C)cc1. The predicted molar refractivity (Wildman–Crippen MR) is 114 cm³/mol. The van der Waals surface area contributed by atoms with Crippen molar-refractivity contribution in [2.45, 2.75) is 31.1 Å². The molecule has 2 aromatic carbocycles. The summed E-state index contributed by atoms with van der Waals surface area (Å²) < 4.78 is 32.1. The van der Waals surface area contributed by atoms with Gasteiger partial charge in [-0.3, -0.25) is 4.79 Å². The maximum absolute atomic E-state index is 12.8. The second kappa shape index (κ2) is 8.26. The fraction of sp³-hybridized carbons (Fsp3) is 0.409. The van der Waals surface area contributed by atoms with Gasteiger partial charge in [0.1, 0.15) is 0 Å². The number of morpholine rings is 1. The van der Waals surface area contributed by atoms with Crippen LogP contribution in [-0.4, -0.2) is 52.0 Å². The average Bonchev–Trinajstić information content (AvgIpc) is 2.73. The number of carbonyl (C=O) groups is 1. The lowest BCUT2D eigenvalue weighted by Crippen LogP contribution is -2.40. The zero-order valence-electron chi connectivity index (χ0n) is 17.4. The summed E-state index contributed by atoms with van der Waals surface area (Å²) in [7, 11) is -1.85. The van der Waals surface area contributed by atoms with Crippen molar-refractivity contribution in [1.29, 1.82) is 0 Å². The Morgan fingerprint density at radius 1 is 0.966 bits per heavy atom.